The third-order valence-electron chi connectivity index (χ3n) is 4.69. The molecule has 6 heteroatoms. The highest BCUT2D eigenvalue weighted by Gasteiger charge is 2.41. The Hall–Kier alpha value is -2.24. The van der Waals surface area contributed by atoms with Crippen LogP contribution in [-0.4, -0.2) is 10.7 Å². The van der Waals surface area contributed by atoms with Crippen LogP contribution < -0.4 is 4.74 Å². The lowest BCUT2D eigenvalue weighted by Crippen LogP contribution is -2.33. The molecule has 5 rings (SSSR count). The first kappa shape index (κ1) is 16.0. The lowest BCUT2D eigenvalue weighted by Gasteiger charge is -2.38. The predicted molar refractivity (Wildman–Crippen MR) is 103 cm³/mol. The summed E-state index contributed by atoms with van der Waals surface area (Å²) in [4.78, 5) is 0. The quantitative estimate of drug-likeness (QED) is 0.506. The van der Waals surface area contributed by atoms with Crippen LogP contribution >= 0.6 is 27.5 Å². The molecule has 2 aliphatic rings. The molecule has 0 unspecified atom stereocenters. The summed E-state index contributed by atoms with van der Waals surface area (Å²) in [5, 5.41) is 7.53. The van der Waals surface area contributed by atoms with Crippen molar-refractivity contribution >= 4 is 33.2 Å². The molecule has 0 N–H and O–H groups in total. The lowest BCUT2D eigenvalue weighted by atomic mass is 9.97. The first-order valence-corrected chi connectivity index (χ1v) is 9.47. The van der Waals surface area contributed by atoms with E-state index < -0.39 is 0 Å². The predicted octanol–water partition coefficient (Wildman–Crippen LogP) is 5.94. The van der Waals surface area contributed by atoms with Crippen LogP contribution in [0.1, 0.15) is 35.6 Å². The van der Waals surface area contributed by atoms with Gasteiger partial charge >= 0.3 is 0 Å². The smallest absolute Gasteiger partial charge is 0.213 e. The van der Waals surface area contributed by atoms with Crippen molar-refractivity contribution in [2.75, 3.05) is 0 Å². The van der Waals surface area contributed by atoms with E-state index in [9.17, 15) is 0 Å². The maximum Gasteiger partial charge on any atom is 0.213 e. The fraction of sp³-hybridized carbons (Fsp3) is 0.150. The van der Waals surface area contributed by atoms with Crippen molar-refractivity contribution in [2.24, 2.45) is 5.10 Å². The molecule has 3 aromatic rings. The van der Waals surface area contributed by atoms with Crippen LogP contribution in [0.5, 0.6) is 5.75 Å². The molecule has 3 heterocycles. The van der Waals surface area contributed by atoms with E-state index in [1.54, 1.807) is 6.26 Å². The van der Waals surface area contributed by atoms with Crippen LogP contribution in [0, 0.1) is 0 Å². The number of hydrogen-bond donors (Lipinski definition) is 0. The zero-order chi connectivity index (χ0) is 17.7. The van der Waals surface area contributed by atoms with E-state index in [0.29, 0.717) is 5.02 Å². The molecule has 1 aromatic heterocycles. The number of rotatable bonds is 2. The molecule has 0 bridgehead atoms. The number of hydrogen-bond acceptors (Lipinski definition) is 4. The number of fused-ring (bicyclic) bond motifs is 3. The van der Waals surface area contributed by atoms with Gasteiger partial charge in [-0.3, -0.25) is 0 Å². The first-order chi connectivity index (χ1) is 12.7. The van der Waals surface area contributed by atoms with Gasteiger partial charge in [0.15, 0.2) is 0 Å². The summed E-state index contributed by atoms with van der Waals surface area (Å²) in [5.74, 6) is 1.66. The van der Waals surface area contributed by atoms with Gasteiger partial charge in [0, 0.05) is 27.0 Å². The Labute approximate surface area is 164 Å². The summed E-state index contributed by atoms with van der Waals surface area (Å²) in [6.07, 6.45) is 2.10. The van der Waals surface area contributed by atoms with Gasteiger partial charge in [-0.2, -0.15) is 5.10 Å². The zero-order valence-corrected chi connectivity index (χ0v) is 15.9. The first-order valence-electron chi connectivity index (χ1n) is 8.30. The summed E-state index contributed by atoms with van der Waals surface area (Å²) >= 11 is 9.77. The summed E-state index contributed by atoms with van der Waals surface area (Å²) in [6, 6.07) is 17.7. The fourth-order valence-corrected chi connectivity index (χ4v) is 4.11. The molecular formula is C20H14BrClN2O2. The lowest BCUT2D eigenvalue weighted by molar-refractivity contribution is -0.0190. The maximum absolute atomic E-state index is 6.32. The van der Waals surface area contributed by atoms with Gasteiger partial charge in [-0.15, -0.1) is 0 Å². The second kappa shape index (κ2) is 6.18. The SMILES string of the molecule is Clc1cccc([C@@H]2Oc3ccc(Br)cc3[C@H]3CC(c4ccco4)=NN32)c1. The molecule has 2 aliphatic heterocycles. The average molecular weight is 430 g/mol. The highest BCUT2D eigenvalue weighted by Crippen LogP contribution is 2.48. The number of ether oxygens (including phenoxy) is 1. The Balaban J connectivity index is 1.63. The molecule has 0 aliphatic carbocycles. The van der Waals surface area contributed by atoms with Gasteiger partial charge in [-0.05, 0) is 42.5 Å². The summed E-state index contributed by atoms with van der Waals surface area (Å²) in [7, 11) is 0. The minimum atomic E-state index is -0.333. The standard InChI is InChI=1S/C20H14BrClN2O2/c21-13-6-7-18-15(10-13)17-11-16(19-5-2-8-25-19)23-24(17)20(26-18)12-3-1-4-14(22)9-12/h1-10,17,20H,11H2/t17-,20+/m1/s1. The molecular weight excluding hydrogens is 416 g/mol. The maximum atomic E-state index is 6.32. The Morgan fingerprint density at radius 1 is 1.12 bits per heavy atom. The van der Waals surface area contributed by atoms with E-state index in [4.69, 9.17) is 25.9 Å². The zero-order valence-electron chi connectivity index (χ0n) is 13.6. The van der Waals surface area contributed by atoms with Gasteiger partial charge in [0.1, 0.15) is 17.2 Å². The number of halogens is 2. The molecule has 0 amide bonds. The van der Waals surface area contributed by atoms with Gasteiger partial charge in [0.05, 0.1) is 12.3 Å². The number of benzene rings is 2. The molecule has 0 saturated heterocycles. The molecule has 0 saturated carbocycles. The molecule has 2 atom stereocenters. The normalized spacial score (nSPS) is 21.0. The van der Waals surface area contributed by atoms with Crippen molar-refractivity contribution in [2.45, 2.75) is 18.7 Å². The van der Waals surface area contributed by atoms with Crippen molar-refractivity contribution in [3.63, 3.8) is 0 Å². The molecule has 4 nitrogen and oxygen atoms in total. The number of nitrogens with zero attached hydrogens (tertiary/aromatic N) is 2. The minimum absolute atomic E-state index is 0.0836. The average Bonchev–Trinajstić information content (AvgIpc) is 3.31. The summed E-state index contributed by atoms with van der Waals surface area (Å²) in [6.45, 7) is 0. The van der Waals surface area contributed by atoms with Crippen molar-refractivity contribution in [1.29, 1.82) is 0 Å². The molecule has 0 spiro atoms. The van der Waals surface area contributed by atoms with E-state index >= 15 is 0 Å². The fourth-order valence-electron chi connectivity index (χ4n) is 3.53. The van der Waals surface area contributed by atoms with Crippen LogP contribution in [0.15, 0.2) is 74.9 Å². The van der Waals surface area contributed by atoms with Crippen LogP contribution in [0.4, 0.5) is 0 Å². The van der Waals surface area contributed by atoms with Gasteiger partial charge in [0.2, 0.25) is 6.23 Å². The van der Waals surface area contributed by atoms with E-state index in [2.05, 4.69) is 22.0 Å². The largest absolute Gasteiger partial charge is 0.464 e. The van der Waals surface area contributed by atoms with Crippen LogP contribution in [0.25, 0.3) is 0 Å². The molecule has 2 aromatic carbocycles. The Morgan fingerprint density at radius 3 is 2.85 bits per heavy atom. The van der Waals surface area contributed by atoms with Crippen molar-refractivity contribution in [3.05, 3.63) is 87.2 Å². The van der Waals surface area contributed by atoms with Gasteiger partial charge in [-0.1, -0.05) is 39.7 Å². The molecule has 0 fully saturated rings. The topological polar surface area (TPSA) is 38.0 Å². The van der Waals surface area contributed by atoms with Crippen LogP contribution in [0.3, 0.4) is 0 Å². The molecule has 130 valence electrons. The molecule has 0 radical (unpaired) electrons. The van der Waals surface area contributed by atoms with E-state index in [-0.39, 0.29) is 12.3 Å². The Bertz CT molecular complexity index is 1000. The highest BCUT2D eigenvalue weighted by molar-refractivity contribution is 9.10. The monoisotopic (exact) mass is 428 g/mol. The van der Waals surface area contributed by atoms with Crippen molar-refractivity contribution < 1.29 is 9.15 Å². The van der Waals surface area contributed by atoms with E-state index in [1.165, 1.54) is 0 Å². The number of furan rings is 1. The third-order valence-corrected chi connectivity index (χ3v) is 5.42. The summed E-state index contributed by atoms with van der Waals surface area (Å²) in [5.41, 5.74) is 3.01. The van der Waals surface area contributed by atoms with Gasteiger partial charge < -0.3 is 9.15 Å². The molecule has 26 heavy (non-hydrogen) atoms. The number of hydrazone groups is 1. The van der Waals surface area contributed by atoms with Crippen molar-refractivity contribution in [3.8, 4) is 5.75 Å². The third kappa shape index (κ3) is 2.63. The second-order valence-corrected chi connectivity index (χ2v) is 7.68. The van der Waals surface area contributed by atoms with Gasteiger partial charge in [0.25, 0.3) is 0 Å². The summed E-state index contributed by atoms with van der Waals surface area (Å²) < 4.78 is 12.9. The van der Waals surface area contributed by atoms with E-state index in [1.807, 2.05) is 53.5 Å². The van der Waals surface area contributed by atoms with Crippen molar-refractivity contribution in [1.82, 2.24) is 5.01 Å². The Kier molecular flexibility index (Phi) is 3.80. The second-order valence-electron chi connectivity index (χ2n) is 6.33. The van der Waals surface area contributed by atoms with E-state index in [0.717, 1.165) is 39.2 Å². The minimum Gasteiger partial charge on any atom is -0.464 e. The van der Waals surface area contributed by atoms with Crippen LogP contribution in [0.2, 0.25) is 5.02 Å². The van der Waals surface area contributed by atoms with Gasteiger partial charge in [-0.25, -0.2) is 5.01 Å². The highest BCUT2D eigenvalue weighted by atomic mass is 79.9. The van der Waals surface area contributed by atoms with Crippen LogP contribution in [-0.2, 0) is 0 Å². The Morgan fingerprint density at radius 2 is 2.04 bits per heavy atom.